The highest BCUT2D eigenvalue weighted by Gasteiger charge is 2.07. The maximum absolute atomic E-state index is 12.0. The lowest BCUT2D eigenvalue weighted by Crippen LogP contribution is -2.24. The highest BCUT2D eigenvalue weighted by atomic mass is 35.5. The number of amides is 1. The predicted octanol–water partition coefficient (Wildman–Crippen LogP) is 4.03. The van der Waals surface area contributed by atoms with Crippen LogP contribution in [-0.4, -0.2) is 16.0 Å². The molecule has 0 aliphatic heterocycles. The molecule has 0 spiro atoms. The maximum atomic E-state index is 12.0. The number of thiazole rings is 1. The number of nitrogens with zero attached hydrogens (tertiary/aromatic N) is 1. The largest absolute Gasteiger partial charge is 0.508 e. The zero-order valence-electron chi connectivity index (χ0n) is 12.7. The number of phenolic OH excluding ortho intramolecular Hbond substituents is 1. The molecule has 0 fully saturated rings. The van der Waals surface area contributed by atoms with Crippen molar-refractivity contribution in [1.29, 1.82) is 0 Å². The lowest BCUT2D eigenvalue weighted by Gasteiger charge is -2.03. The minimum atomic E-state index is -0.0568. The van der Waals surface area contributed by atoms with Crippen molar-refractivity contribution < 1.29 is 9.90 Å². The summed E-state index contributed by atoms with van der Waals surface area (Å²) in [5.41, 5.74) is 2.69. The first-order valence-electron chi connectivity index (χ1n) is 7.35. The average molecular weight is 359 g/mol. The summed E-state index contributed by atoms with van der Waals surface area (Å²) in [4.78, 5) is 16.5. The van der Waals surface area contributed by atoms with E-state index in [0.717, 1.165) is 21.8 Å². The molecule has 6 heteroatoms. The summed E-state index contributed by atoms with van der Waals surface area (Å²) in [7, 11) is 0. The fraction of sp³-hybridized carbons (Fsp3) is 0.111. The van der Waals surface area contributed by atoms with Crippen molar-refractivity contribution in [2.24, 2.45) is 0 Å². The van der Waals surface area contributed by atoms with Crippen molar-refractivity contribution in [2.75, 3.05) is 0 Å². The van der Waals surface area contributed by atoms with Crippen LogP contribution < -0.4 is 5.32 Å². The van der Waals surface area contributed by atoms with Gasteiger partial charge in [-0.1, -0.05) is 23.7 Å². The Balaban J connectivity index is 1.56. The highest BCUT2D eigenvalue weighted by molar-refractivity contribution is 7.09. The number of rotatable bonds is 5. The van der Waals surface area contributed by atoms with Gasteiger partial charge in [-0.05, 0) is 42.0 Å². The summed E-state index contributed by atoms with van der Waals surface area (Å²) in [5, 5.41) is 15.6. The number of hydrogen-bond acceptors (Lipinski definition) is 4. The molecule has 3 aromatic rings. The molecule has 0 unspecified atom stereocenters. The molecule has 0 saturated carbocycles. The SMILES string of the molecule is O=C(Cc1ccc(Cl)cc1)NCc1nc(-c2ccc(O)cc2)cs1. The van der Waals surface area contributed by atoms with Gasteiger partial charge in [0.2, 0.25) is 5.91 Å². The summed E-state index contributed by atoms with van der Waals surface area (Å²) in [6.45, 7) is 0.398. The van der Waals surface area contributed by atoms with Crippen LogP contribution in [-0.2, 0) is 17.8 Å². The molecular formula is C18H15ClN2O2S. The molecule has 0 aliphatic rings. The first-order valence-corrected chi connectivity index (χ1v) is 8.61. The van der Waals surface area contributed by atoms with Crippen LogP contribution in [0.5, 0.6) is 5.75 Å². The summed E-state index contributed by atoms with van der Waals surface area (Å²) in [6, 6.07) is 14.1. The van der Waals surface area contributed by atoms with E-state index in [0.29, 0.717) is 18.0 Å². The van der Waals surface area contributed by atoms with Crippen LogP contribution in [0.4, 0.5) is 0 Å². The van der Waals surface area contributed by atoms with E-state index in [-0.39, 0.29) is 11.7 Å². The Labute approximate surface area is 148 Å². The van der Waals surface area contributed by atoms with Gasteiger partial charge in [-0.15, -0.1) is 11.3 Å². The summed E-state index contributed by atoms with van der Waals surface area (Å²) < 4.78 is 0. The van der Waals surface area contributed by atoms with Gasteiger partial charge in [0.05, 0.1) is 18.7 Å². The van der Waals surface area contributed by atoms with Gasteiger partial charge in [0, 0.05) is 16.0 Å². The first kappa shape index (κ1) is 16.5. The molecule has 122 valence electrons. The van der Waals surface area contributed by atoms with Gasteiger partial charge >= 0.3 is 0 Å². The number of aromatic nitrogens is 1. The Morgan fingerprint density at radius 2 is 1.83 bits per heavy atom. The first-order chi connectivity index (χ1) is 11.6. The molecule has 2 aromatic carbocycles. The third kappa shape index (κ3) is 4.34. The van der Waals surface area contributed by atoms with E-state index in [4.69, 9.17) is 11.6 Å². The second kappa shape index (κ2) is 7.47. The van der Waals surface area contributed by atoms with Crippen LogP contribution in [0.3, 0.4) is 0 Å². The van der Waals surface area contributed by atoms with Gasteiger partial charge in [0.25, 0.3) is 0 Å². The number of carbonyl (C=O) groups excluding carboxylic acids is 1. The van der Waals surface area contributed by atoms with Gasteiger partial charge in [0.15, 0.2) is 0 Å². The molecule has 1 heterocycles. The topological polar surface area (TPSA) is 62.2 Å². The Morgan fingerprint density at radius 3 is 2.54 bits per heavy atom. The highest BCUT2D eigenvalue weighted by Crippen LogP contribution is 2.23. The van der Waals surface area contributed by atoms with Gasteiger partial charge in [-0.2, -0.15) is 0 Å². The van der Waals surface area contributed by atoms with Crippen LogP contribution in [0.1, 0.15) is 10.6 Å². The van der Waals surface area contributed by atoms with Gasteiger partial charge < -0.3 is 10.4 Å². The lowest BCUT2D eigenvalue weighted by atomic mass is 10.1. The molecule has 24 heavy (non-hydrogen) atoms. The van der Waals surface area contributed by atoms with E-state index in [1.807, 2.05) is 29.6 Å². The number of nitrogens with one attached hydrogen (secondary N) is 1. The van der Waals surface area contributed by atoms with E-state index < -0.39 is 0 Å². The molecule has 0 saturated heterocycles. The van der Waals surface area contributed by atoms with Crippen LogP contribution >= 0.6 is 22.9 Å². The second-order valence-electron chi connectivity index (χ2n) is 5.25. The molecule has 0 atom stereocenters. The van der Waals surface area contributed by atoms with Gasteiger partial charge in [-0.25, -0.2) is 4.98 Å². The minimum absolute atomic E-state index is 0.0568. The number of benzene rings is 2. The Kier molecular flexibility index (Phi) is 5.13. The van der Waals surface area contributed by atoms with E-state index in [9.17, 15) is 9.90 Å². The number of phenols is 1. The molecule has 0 bridgehead atoms. The molecule has 0 aliphatic carbocycles. The normalized spacial score (nSPS) is 10.5. The number of halogens is 1. The van der Waals surface area contributed by atoms with Crippen molar-refractivity contribution in [3.8, 4) is 17.0 Å². The minimum Gasteiger partial charge on any atom is -0.508 e. The lowest BCUT2D eigenvalue weighted by molar-refractivity contribution is -0.120. The van der Waals surface area contributed by atoms with Crippen LogP contribution in [0.25, 0.3) is 11.3 Å². The molecule has 1 amide bonds. The van der Waals surface area contributed by atoms with Crippen molar-refractivity contribution in [3.63, 3.8) is 0 Å². The quantitative estimate of drug-likeness (QED) is 0.723. The monoisotopic (exact) mass is 358 g/mol. The van der Waals surface area contributed by atoms with Crippen molar-refractivity contribution in [2.45, 2.75) is 13.0 Å². The fourth-order valence-corrected chi connectivity index (χ4v) is 3.05. The van der Waals surface area contributed by atoms with Crippen molar-refractivity contribution >= 4 is 28.8 Å². The Morgan fingerprint density at radius 1 is 1.12 bits per heavy atom. The zero-order chi connectivity index (χ0) is 16.9. The summed E-state index contributed by atoms with van der Waals surface area (Å²) >= 11 is 7.32. The van der Waals surface area contributed by atoms with Crippen LogP contribution in [0, 0.1) is 0 Å². The van der Waals surface area contributed by atoms with E-state index in [1.54, 1.807) is 24.3 Å². The number of hydrogen-bond donors (Lipinski definition) is 2. The van der Waals surface area contributed by atoms with Crippen LogP contribution in [0.15, 0.2) is 53.9 Å². The third-order valence-electron chi connectivity index (χ3n) is 3.43. The average Bonchev–Trinajstić information content (AvgIpc) is 3.05. The molecule has 1 aromatic heterocycles. The van der Waals surface area contributed by atoms with Gasteiger partial charge in [-0.3, -0.25) is 4.79 Å². The molecule has 0 radical (unpaired) electrons. The standard InChI is InChI=1S/C18H15ClN2O2S/c19-14-5-1-12(2-6-14)9-17(23)20-10-18-21-16(11-24-18)13-3-7-15(22)8-4-13/h1-8,11,22H,9-10H2,(H,20,23). The fourth-order valence-electron chi connectivity index (χ4n) is 2.18. The molecule has 3 rings (SSSR count). The molecule has 2 N–H and O–H groups in total. The van der Waals surface area contributed by atoms with Crippen molar-refractivity contribution in [3.05, 3.63) is 69.5 Å². The summed E-state index contributed by atoms with van der Waals surface area (Å²) in [6.07, 6.45) is 0.313. The smallest absolute Gasteiger partial charge is 0.224 e. The maximum Gasteiger partial charge on any atom is 0.224 e. The molecular weight excluding hydrogens is 344 g/mol. The Bertz CT molecular complexity index is 829. The number of aromatic hydroxyl groups is 1. The van der Waals surface area contributed by atoms with Crippen LogP contribution in [0.2, 0.25) is 5.02 Å². The molecule has 4 nitrogen and oxygen atoms in total. The second-order valence-corrected chi connectivity index (χ2v) is 6.63. The number of carbonyl (C=O) groups is 1. The van der Waals surface area contributed by atoms with E-state index in [1.165, 1.54) is 11.3 Å². The third-order valence-corrected chi connectivity index (χ3v) is 4.53. The van der Waals surface area contributed by atoms with E-state index in [2.05, 4.69) is 10.3 Å². The van der Waals surface area contributed by atoms with Gasteiger partial charge in [0.1, 0.15) is 10.8 Å². The Hall–Kier alpha value is -2.37. The van der Waals surface area contributed by atoms with Crippen molar-refractivity contribution in [1.82, 2.24) is 10.3 Å². The van der Waals surface area contributed by atoms with E-state index >= 15 is 0 Å². The zero-order valence-corrected chi connectivity index (χ0v) is 14.3. The predicted molar refractivity (Wildman–Crippen MR) is 96.2 cm³/mol. The summed E-state index contributed by atoms with van der Waals surface area (Å²) in [5.74, 6) is 0.169.